The van der Waals surface area contributed by atoms with Gasteiger partial charge in [0.1, 0.15) is 5.69 Å². The summed E-state index contributed by atoms with van der Waals surface area (Å²) in [6, 6.07) is 23.2. The Bertz CT molecular complexity index is 843. The van der Waals surface area contributed by atoms with Crippen LogP contribution in [0.2, 0.25) is 0 Å². The quantitative estimate of drug-likeness (QED) is 0.718. The molecule has 1 aliphatic rings. The van der Waals surface area contributed by atoms with Gasteiger partial charge in [-0.3, -0.25) is 14.4 Å². The highest BCUT2D eigenvalue weighted by molar-refractivity contribution is 5.92. The standard InChI is InChI=1S/C22H24N4O/c1-24-20(12-13-23-24)22(27)26-16-14-25(15-17-26)21(18-8-4-2-5-9-18)19-10-6-3-7-11-19/h2-13,21H,14-17H2,1H3. The fourth-order valence-corrected chi connectivity index (χ4v) is 3.81. The molecule has 0 spiro atoms. The maximum absolute atomic E-state index is 12.7. The van der Waals surface area contributed by atoms with Gasteiger partial charge in [0.2, 0.25) is 0 Å². The van der Waals surface area contributed by atoms with Crippen LogP contribution in [-0.4, -0.2) is 51.7 Å². The minimum absolute atomic E-state index is 0.0608. The molecule has 2 heterocycles. The maximum Gasteiger partial charge on any atom is 0.272 e. The Kier molecular flexibility index (Phi) is 5.03. The minimum Gasteiger partial charge on any atom is -0.335 e. The van der Waals surface area contributed by atoms with Crippen molar-refractivity contribution in [2.75, 3.05) is 26.2 Å². The highest BCUT2D eigenvalue weighted by atomic mass is 16.2. The third-order valence-electron chi connectivity index (χ3n) is 5.24. The molecule has 5 nitrogen and oxygen atoms in total. The molecule has 3 aromatic rings. The van der Waals surface area contributed by atoms with E-state index in [1.165, 1.54) is 11.1 Å². The summed E-state index contributed by atoms with van der Waals surface area (Å²) in [7, 11) is 1.81. The van der Waals surface area contributed by atoms with Crippen molar-refractivity contribution in [2.45, 2.75) is 6.04 Å². The third kappa shape index (κ3) is 3.64. The van der Waals surface area contributed by atoms with Gasteiger partial charge in [0.25, 0.3) is 5.91 Å². The topological polar surface area (TPSA) is 41.4 Å². The highest BCUT2D eigenvalue weighted by Crippen LogP contribution is 2.29. The van der Waals surface area contributed by atoms with Gasteiger partial charge in [-0.1, -0.05) is 60.7 Å². The van der Waals surface area contributed by atoms with Crippen molar-refractivity contribution in [3.05, 3.63) is 89.7 Å². The monoisotopic (exact) mass is 360 g/mol. The van der Waals surface area contributed by atoms with Gasteiger partial charge in [-0.2, -0.15) is 5.10 Å². The minimum atomic E-state index is 0.0608. The predicted octanol–water partition coefficient (Wildman–Crippen LogP) is 2.97. The number of carbonyl (C=O) groups excluding carboxylic acids is 1. The number of rotatable bonds is 4. The molecule has 0 radical (unpaired) electrons. The van der Waals surface area contributed by atoms with Crippen LogP contribution in [0.15, 0.2) is 72.9 Å². The Balaban J connectivity index is 1.52. The second kappa shape index (κ2) is 7.76. The van der Waals surface area contributed by atoms with Crippen LogP contribution in [-0.2, 0) is 7.05 Å². The molecule has 1 aliphatic heterocycles. The summed E-state index contributed by atoms with van der Waals surface area (Å²) in [5, 5.41) is 4.11. The lowest BCUT2D eigenvalue weighted by Crippen LogP contribution is -2.50. The van der Waals surface area contributed by atoms with Crippen LogP contribution in [0.25, 0.3) is 0 Å². The molecule has 1 aromatic heterocycles. The van der Waals surface area contributed by atoms with Crippen molar-refractivity contribution in [2.24, 2.45) is 7.05 Å². The highest BCUT2D eigenvalue weighted by Gasteiger charge is 2.29. The van der Waals surface area contributed by atoms with E-state index in [2.05, 4.69) is 70.7 Å². The third-order valence-corrected chi connectivity index (χ3v) is 5.24. The smallest absolute Gasteiger partial charge is 0.272 e. The van der Waals surface area contributed by atoms with Crippen LogP contribution >= 0.6 is 0 Å². The van der Waals surface area contributed by atoms with Gasteiger partial charge < -0.3 is 4.90 Å². The number of amides is 1. The Morgan fingerprint density at radius 1 is 0.852 bits per heavy atom. The number of hydrogen-bond acceptors (Lipinski definition) is 3. The molecule has 0 atom stereocenters. The fourth-order valence-electron chi connectivity index (χ4n) is 3.81. The molecule has 138 valence electrons. The molecule has 5 heteroatoms. The van der Waals surface area contributed by atoms with Gasteiger partial charge in [0.15, 0.2) is 0 Å². The van der Waals surface area contributed by atoms with E-state index in [1.807, 2.05) is 11.9 Å². The van der Waals surface area contributed by atoms with Crippen LogP contribution in [0.3, 0.4) is 0 Å². The van der Waals surface area contributed by atoms with Crippen LogP contribution in [0, 0.1) is 0 Å². The zero-order chi connectivity index (χ0) is 18.6. The van der Waals surface area contributed by atoms with E-state index in [9.17, 15) is 4.79 Å². The average molecular weight is 360 g/mol. The summed E-state index contributed by atoms with van der Waals surface area (Å²) >= 11 is 0. The largest absolute Gasteiger partial charge is 0.335 e. The summed E-state index contributed by atoms with van der Waals surface area (Å²) in [6.07, 6.45) is 1.67. The van der Waals surface area contributed by atoms with E-state index >= 15 is 0 Å². The first-order valence-electron chi connectivity index (χ1n) is 9.35. The summed E-state index contributed by atoms with van der Waals surface area (Å²) in [6.45, 7) is 3.14. The van der Waals surface area contributed by atoms with Crippen LogP contribution in [0.1, 0.15) is 27.7 Å². The number of carbonyl (C=O) groups is 1. The summed E-state index contributed by atoms with van der Waals surface area (Å²) in [4.78, 5) is 17.1. The Morgan fingerprint density at radius 2 is 1.41 bits per heavy atom. The van der Waals surface area contributed by atoms with E-state index < -0.39 is 0 Å². The Labute approximate surface area is 159 Å². The van der Waals surface area contributed by atoms with Crippen molar-refractivity contribution in [3.63, 3.8) is 0 Å². The Hall–Kier alpha value is -2.92. The van der Waals surface area contributed by atoms with Crippen molar-refractivity contribution in [1.29, 1.82) is 0 Å². The Morgan fingerprint density at radius 3 is 1.89 bits per heavy atom. The normalized spacial score (nSPS) is 15.3. The molecular weight excluding hydrogens is 336 g/mol. The van der Waals surface area contributed by atoms with Gasteiger partial charge in [-0.15, -0.1) is 0 Å². The molecule has 0 unspecified atom stereocenters. The molecule has 27 heavy (non-hydrogen) atoms. The number of nitrogens with zero attached hydrogens (tertiary/aromatic N) is 4. The van der Waals surface area contributed by atoms with E-state index in [-0.39, 0.29) is 11.9 Å². The van der Waals surface area contributed by atoms with E-state index in [1.54, 1.807) is 16.9 Å². The lowest BCUT2D eigenvalue weighted by molar-refractivity contribution is 0.0587. The van der Waals surface area contributed by atoms with Gasteiger partial charge in [-0.25, -0.2) is 0 Å². The van der Waals surface area contributed by atoms with Crippen LogP contribution in [0.4, 0.5) is 0 Å². The first kappa shape index (κ1) is 17.5. The number of hydrogen-bond donors (Lipinski definition) is 0. The van der Waals surface area contributed by atoms with Gasteiger partial charge >= 0.3 is 0 Å². The van der Waals surface area contributed by atoms with E-state index in [0.29, 0.717) is 5.69 Å². The van der Waals surface area contributed by atoms with Crippen molar-refractivity contribution in [1.82, 2.24) is 19.6 Å². The zero-order valence-electron chi connectivity index (χ0n) is 15.5. The molecule has 0 aliphatic carbocycles. The summed E-state index contributed by atoms with van der Waals surface area (Å²) in [5.74, 6) is 0.0608. The molecule has 1 fully saturated rings. The zero-order valence-corrected chi connectivity index (χ0v) is 15.5. The lowest BCUT2D eigenvalue weighted by atomic mass is 9.96. The van der Waals surface area contributed by atoms with Gasteiger partial charge in [0, 0.05) is 39.4 Å². The average Bonchev–Trinajstić information content (AvgIpc) is 3.16. The molecule has 0 N–H and O–H groups in total. The van der Waals surface area contributed by atoms with Gasteiger partial charge in [0.05, 0.1) is 6.04 Å². The molecule has 1 saturated heterocycles. The molecule has 4 rings (SSSR count). The number of aryl methyl sites for hydroxylation is 1. The summed E-state index contributed by atoms with van der Waals surface area (Å²) in [5.41, 5.74) is 3.22. The number of benzene rings is 2. The predicted molar refractivity (Wildman–Crippen MR) is 105 cm³/mol. The van der Waals surface area contributed by atoms with Crippen LogP contribution in [0.5, 0.6) is 0 Å². The number of aromatic nitrogens is 2. The fraction of sp³-hybridized carbons (Fsp3) is 0.273. The van der Waals surface area contributed by atoms with E-state index in [4.69, 9.17) is 0 Å². The van der Waals surface area contributed by atoms with Crippen molar-refractivity contribution < 1.29 is 4.79 Å². The molecule has 0 bridgehead atoms. The first-order valence-corrected chi connectivity index (χ1v) is 9.35. The summed E-state index contributed by atoms with van der Waals surface area (Å²) < 4.78 is 1.64. The van der Waals surface area contributed by atoms with Crippen molar-refractivity contribution in [3.8, 4) is 0 Å². The number of piperazine rings is 1. The second-order valence-corrected chi connectivity index (χ2v) is 6.89. The van der Waals surface area contributed by atoms with Gasteiger partial charge in [-0.05, 0) is 17.2 Å². The second-order valence-electron chi connectivity index (χ2n) is 6.89. The van der Waals surface area contributed by atoms with E-state index in [0.717, 1.165) is 26.2 Å². The molecular formula is C22H24N4O. The van der Waals surface area contributed by atoms with Crippen molar-refractivity contribution >= 4 is 5.91 Å². The SMILES string of the molecule is Cn1nccc1C(=O)N1CCN(C(c2ccccc2)c2ccccc2)CC1. The maximum atomic E-state index is 12.7. The molecule has 0 saturated carbocycles. The molecule has 1 amide bonds. The molecule has 2 aromatic carbocycles. The lowest BCUT2D eigenvalue weighted by Gasteiger charge is -2.39. The van der Waals surface area contributed by atoms with Crippen LogP contribution < -0.4 is 0 Å². The first-order chi connectivity index (χ1) is 13.2.